The lowest BCUT2D eigenvalue weighted by Crippen LogP contribution is -2.37. The Morgan fingerprint density at radius 3 is 2.39 bits per heavy atom. The number of alkyl halides is 3. The van der Waals surface area contributed by atoms with Crippen LogP contribution >= 0.6 is 0 Å². The number of ketones is 1. The molecule has 4 heterocycles. The number of anilines is 1. The molecule has 3 fully saturated rings. The Balaban J connectivity index is 1.35. The van der Waals surface area contributed by atoms with Crippen molar-refractivity contribution in [3.63, 3.8) is 0 Å². The smallest absolute Gasteiger partial charge is 0.377 e. The van der Waals surface area contributed by atoms with E-state index >= 15 is 0 Å². The van der Waals surface area contributed by atoms with Crippen molar-refractivity contribution in [3.05, 3.63) is 35.0 Å². The number of hydrogen-bond acceptors (Lipinski definition) is 6. The zero-order valence-corrected chi connectivity index (χ0v) is 17.2. The second kappa shape index (κ2) is 7.58. The Kier molecular flexibility index (Phi) is 4.99. The summed E-state index contributed by atoms with van der Waals surface area (Å²) in [6.07, 6.45) is -0.614. The largest absolute Gasteiger partial charge is 0.451 e. The van der Waals surface area contributed by atoms with Gasteiger partial charge < -0.3 is 9.64 Å². The first kappa shape index (κ1) is 20.4. The number of carbonyl (C=O) groups excluding carboxylic acids is 1. The number of aryl methyl sites for hydroxylation is 1. The van der Waals surface area contributed by atoms with E-state index in [1.54, 1.807) is 6.07 Å². The predicted molar refractivity (Wildman–Crippen MR) is 105 cm³/mol. The number of hydrogen-bond donors (Lipinski definition) is 0. The van der Waals surface area contributed by atoms with Crippen LogP contribution < -0.4 is 4.90 Å². The quantitative estimate of drug-likeness (QED) is 0.733. The van der Waals surface area contributed by atoms with Crippen LogP contribution in [-0.4, -0.2) is 51.8 Å². The van der Waals surface area contributed by atoms with E-state index in [0.29, 0.717) is 43.7 Å². The van der Waals surface area contributed by atoms with E-state index in [1.165, 1.54) is 5.69 Å². The van der Waals surface area contributed by atoms with Crippen LogP contribution in [0, 0.1) is 6.92 Å². The first-order chi connectivity index (χ1) is 14.8. The zero-order valence-electron chi connectivity index (χ0n) is 17.2. The van der Waals surface area contributed by atoms with Gasteiger partial charge in [0.25, 0.3) is 0 Å². The molecule has 3 aliphatic rings. The molecule has 0 N–H and O–H groups in total. The van der Waals surface area contributed by atoms with Crippen molar-refractivity contribution in [2.24, 2.45) is 0 Å². The molecule has 0 spiro atoms. The highest BCUT2D eigenvalue weighted by atomic mass is 19.4. The highest BCUT2D eigenvalue weighted by molar-refractivity contribution is 5.86. The number of ether oxygens (including phenoxy) is 1. The number of Topliss-reactive ketones (excluding diaryl/α,β-unsaturated/α-hetero) is 1. The molecule has 166 valence electrons. The first-order valence-corrected chi connectivity index (χ1v) is 10.6. The van der Waals surface area contributed by atoms with Crippen LogP contribution in [0.3, 0.4) is 0 Å². The summed E-state index contributed by atoms with van der Waals surface area (Å²) in [5.74, 6) is -0.710. The minimum absolute atomic E-state index is 0.0587. The minimum Gasteiger partial charge on any atom is -0.377 e. The van der Waals surface area contributed by atoms with E-state index in [9.17, 15) is 18.0 Å². The molecule has 0 bridgehead atoms. The Morgan fingerprint density at radius 1 is 1.10 bits per heavy atom. The lowest BCUT2D eigenvalue weighted by Gasteiger charge is -2.36. The molecule has 2 aromatic heterocycles. The van der Waals surface area contributed by atoms with Crippen molar-refractivity contribution >= 4 is 11.6 Å². The van der Waals surface area contributed by atoms with E-state index < -0.39 is 12.0 Å². The number of nitrogens with zero attached hydrogens (tertiary/aromatic N) is 5. The van der Waals surface area contributed by atoms with E-state index in [2.05, 4.69) is 26.7 Å². The highest BCUT2D eigenvalue weighted by Gasteiger charge is 2.39. The zero-order chi connectivity index (χ0) is 21.8. The SMILES string of the molecule is Cc1cnn(C2COC2)c1C1CCN(c2cc(C3CC(=O)C3)nc(C(F)(F)F)n2)CC1. The average molecular weight is 435 g/mol. The summed E-state index contributed by atoms with van der Waals surface area (Å²) in [6.45, 7) is 4.60. The molecule has 10 heteroatoms. The molecule has 0 unspecified atom stereocenters. The van der Waals surface area contributed by atoms with Gasteiger partial charge in [0.2, 0.25) is 5.82 Å². The van der Waals surface area contributed by atoms with Gasteiger partial charge in [0, 0.05) is 49.5 Å². The summed E-state index contributed by atoms with van der Waals surface area (Å²) in [6, 6.07) is 1.90. The molecule has 31 heavy (non-hydrogen) atoms. The molecule has 2 aromatic rings. The van der Waals surface area contributed by atoms with E-state index in [4.69, 9.17) is 4.74 Å². The van der Waals surface area contributed by atoms with Crippen molar-refractivity contribution in [1.82, 2.24) is 19.7 Å². The Bertz CT molecular complexity index is 985. The molecule has 0 aromatic carbocycles. The monoisotopic (exact) mass is 435 g/mol. The molecule has 0 radical (unpaired) electrons. The van der Waals surface area contributed by atoms with Gasteiger partial charge in [0.15, 0.2) is 0 Å². The van der Waals surface area contributed by atoms with Crippen LogP contribution in [0.5, 0.6) is 0 Å². The fourth-order valence-electron chi connectivity index (χ4n) is 4.65. The molecule has 0 atom stereocenters. The van der Waals surface area contributed by atoms with Gasteiger partial charge >= 0.3 is 6.18 Å². The van der Waals surface area contributed by atoms with Crippen molar-refractivity contribution in [2.75, 3.05) is 31.2 Å². The second-order valence-corrected chi connectivity index (χ2v) is 8.73. The number of rotatable bonds is 4. The van der Waals surface area contributed by atoms with Gasteiger partial charge in [-0.25, -0.2) is 9.97 Å². The van der Waals surface area contributed by atoms with Crippen LogP contribution in [0.25, 0.3) is 0 Å². The third kappa shape index (κ3) is 3.81. The van der Waals surface area contributed by atoms with Gasteiger partial charge in [-0.05, 0) is 25.3 Å². The lowest BCUT2D eigenvalue weighted by atomic mass is 9.81. The van der Waals surface area contributed by atoms with Crippen LogP contribution in [0.1, 0.15) is 66.3 Å². The predicted octanol–water partition coefficient (Wildman–Crippen LogP) is 3.40. The molecule has 2 aliphatic heterocycles. The Hall–Kier alpha value is -2.49. The number of carbonyl (C=O) groups is 1. The Labute approximate surface area is 177 Å². The minimum atomic E-state index is -4.62. The summed E-state index contributed by atoms with van der Waals surface area (Å²) in [7, 11) is 0. The molecular weight excluding hydrogens is 411 g/mol. The fraction of sp³-hybridized carbons (Fsp3) is 0.619. The second-order valence-electron chi connectivity index (χ2n) is 8.73. The van der Waals surface area contributed by atoms with Gasteiger partial charge in [0.1, 0.15) is 11.6 Å². The molecule has 1 saturated carbocycles. The van der Waals surface area contributed by atoms with Crippen molar-refractivity contribution in [2.45, 2.75) is 56.7 Å². The van der Waals surface area contributed by atoms with Crippen LogP contribution in [-0.2, 0) is 15.7 Å². The van der Waals surface area contributed by atoms with E-state index in [-0.39, 0.29) is 30.6 Å². The topological polar surface area (TPSA) is 73.1 Å². The normalized spacial score (nSPS) is 21.3. The van der Waals surface area contributed by atoms with Gasteiger partial charge in [-0.15, -0.1) is 0 Å². The number of aromatic nitrogens is 4. The van der Waals surface area contributed by atoms with E-state index in [1.807, 2.05) is 11.1 Å². The van der Waals surface area contributed by atoms with Gasteiger partial charge in [-0.2, -0.15) is 18.3 Å². The van der Waals surface area contributed by atoms with Gasteiger partial charge in [-0.1, -0.05) is 0 Å². The average Bonchev–Trinajstić information content (AvgIpc) is 3.04. The fourth-order valence-corrected chi connectivity index (χ4v) is 4.65. The van der Waals surface area contributed by atoms with Gasteiger partial charge in [-0.3, -0.25) is 9.48 Å². The number of halogens is 3. The van der Waals surface area contributed by atoms with Crippen LogP contribution in [0.15, 0.2) is 12.3 Å². The lowest BCUT2D eigenvalue weighted by molar-refractivity contribution is -0.145. The summed E-state index contributed by atoms with van der Waals surface area (Å²) in [5, 5.41) is 4.53. The van der Waals surface area contributed by atoms with Crippen molar-refractivity contribution in [3.8, 4) is 0 Å². The number of piperidine rings is 1. The maximum Gasteiger partial charge on any atom is 0.451 e. The third-order valence-corrected chi connectivity index (χ3v) is 6.55. The van der Waals surface area contributed by atoms with Crippen LogP contribution in [0.2, 0.25) is 0 Å². The molecule has 7 nitrogen and oxygen atoms in total. The molecule has 1 aliphatic carbocycles. The molecule has 5 rings (SSSR count). The first-order valence-electron chi connectivity index (χ1n) is 10.6. The summed E-state index contributed by atoms with van der Waals surface area (Å²) in [5.41, 5.74) is 2.67. The van der Waals surface area contributed by atoms with Crippen molar-refractivity contribution in [1.29, 1.82) is 0 Å². The maximum absolute atomic E-state index is 13.4. The molecular formula is C21H24F3N5O2. The summed E-state index contributed by atoms with van der Waals surface area (Å²) < 4.78 is 47.6. The van der Waals surface area contributed by atoms with Crippen molar-refractivity contribution < 1.29 is 22.7 Å². The highest BCUT2D eigenvalue weighted by Crippen LogP contribution is 2.38. The van der Waals surface area contributed by atoms with Crippen LogP contribution in [0.4, 0.5) is 19.0 Å². The third-order valence-electron chi connectivity index (χ3n) is 6.55. The standard InChI is InChI=1S/C21H24F3N5O2/c1-12-9-25-29(15-10-31-11-15)19(12)13-2-4-28(5-3-13)18-8-17(14-6-16(30)7-14)26-20(27-18)21(22,23)24/h8-9,13-15H,2-7,10-11H2,1H3. The summed E-state index contributed by atoms with van der Waals surface area (Å²) in [4.78, 5) is 20.8. The summed E-state index contributed by atoms with van der Waals surface area (Å²) >= 11 is 0. The molecule has 2 saturated heterocycles. The van der Waals surface area contributed by atoms with Gasteiger partial charge in [0.05, 0.1) is 31.1 Å². The maximum atomic E-state index is 13.4. The van der Waals surface area contributed by atoms with E-state index in [0.717, 1.165) is 18.4 Å². The molecule has 0 amide bonds. The Morgan fingerprint density at radius 2 is 1.81 bits per heavy atom.